The molecule has 3 aromatic rings. The summed E-state index contributed by atoms with van der Waals surface area (Å²) in [4.78, 5) is 35.6. The van der Waals surface area contributed by atoms with Gasteiger partial charge in [-0.25, -0.2) is 28.9 Å². The van der Waals surface area contributed by atoms with Crippen molar-refractivity contribution in [2.24, 2.45) is 0 Å². The Hall–Kier alpha value is -3.93. The Bertz CT molecular complexity index is 1260. The first kappa shape index (κ1) is 20.9. The van der Waals surface area contributed by atoms with Crippen molar-refractivity contribution in [3.05, 3.63) is 59.2 Å². The van der Waals surface area contributed by atoms with Crippen molar-refractivity contribution >= 4 is 29.1 Å². The fourth-order valence-electron chi connectivity index (χ4n) is 4.00. The highest BCUT2D eigenvalue weighted by Crippen LogP contribution is 2.33. The van der Waals surface area contributed by atoms with Crippen molar-refractivity contribution in [2.75, 3.05) is 17.0 Å². The molecule has 2 aliphatic rings. The third-order valence-electron chi connectivity index (χ3n) is 5.63. The van der Waals surface area contributed by atoms with Gasteiger partial charge in [0.05, 0.1) is 5.69 Å². The molecule has 170 valence electrons. The minimum Gasteiger partial charge on any atom is -0.337 e. The zero-order valence-corrected chi connectivity index (χ0v) is 17.8. The summed E-state index contributed by atoms with van der Waals surface area (Å²) < 4.78 is 30.3. The van der Waals surface area contributed by atoms with E-state index in [2.05, 4.69) is 25.8 Å². The minimum absolute atomic E-state index is 0.166. The molecule has 1 aromatic carbocycles. The summed E-state index contributed by atoms with van der Waals surface area (Å²) in [5.74, 6) is -1.91. The number of amides is 2. The van der Waals surface area contributed by atoms with Gasteiger partial charge in [-0.2, -0.15) is 5.10 Å². The fraction of sp³-hybridized carbons (Fsp3) is 0.286. The first-order valence-corrected chi connectivity index (χ1v) is 10.3. The number of halogens is 2. The van der Waals surface area contributed by atoms with Gasteiger partial charge in [-0.05, 0) is 25.5 Å². The first-order chi connectivity index (χ1) is 15.8. The van der Waals surface area contributed by atoms with Crippen LogP contribution in [0.3, 0.4) is 0 Å². The number of fused-ring (bicyclic) bond motifs is 2. The number of carbonyl (C=O) groups excluding carboxylic acids is 2. The van der Waals surface area contributed by atoms with Crippen LogP contribution in [-0.2, 0) is 17.9 Å². The number of nitrogens with one attached hydrogen (secondary N) is 2. The van der Waals surface area contributed by atoms with Gasteiger partial charge in [-0.15, -0.1) is 0 Å². The summed E-state index contributed by atoms with van der Waals surface area (Å²) in [6.45, 7) is 2.52. The van der Waals surface area contributed by atoms with Gasteiger partial charge in [0.2, 0.25) is 5.82 Å². The lowest BCUT2D eigenvalue weighted by Crippen LogP contribution is -2.47. The Kier molecular flexibility index (Phi) is 5.01. The molecule has 1 atom stereocenters. The molecule has 4 heterocycles. The molecule has 5 rings (SSSR count). The standard InChI is InChI=1S/C21H20F2N8O2/c1-11-8-16-29(2)21(33)15(6-7-30(16)28-11)26-20(32)18-24-9-12-10-25-31(19(12)27-18)17-13(22)4-3-5-14(17)23/h3-5,8-9,15,25H,6-7,10H2,1-2H3,(H,26,32)/t15-/m0/s1. The molecule has 0 fully saturated rings. The van der Waals surface area contributed by atoms with Crippen molar-refractivity contribution in [1.82, 2.24) is 30.5 Å². The molecular formula is C21H20F2N8O2. The van der Waals surface area contributed by atoms with Crippen LogP contribution >= 0.6 is 0 Å². The number of nitrogens with zero attached hydrogens (tertiary/aromatic N) is 6. The summed E-state index contributed by atoms with van der Waals surface area (Å²) >= 11 is 0. The second-order valence-corrected chi connectivity index (χ2v) is 7.86. The Morgan fingerprint density at radius 1 is 1.27 bits per heavy atom. The predicted octanol–water partition coefficient (Wildman–Crippen LogP) is 1.58. The number of aryl methyl sites for hydroxylation is 2. The molecule has 2 amide bonds. The van der Waals surface area contributed by atoms with E-state index in [1.54, 1.807) is 17.8 Å². The van der Waals surface area contributed by atoms with Crippen LogP contribution in [0.4, 0.5) is 26.1 Å². The predicted molar refractivity (Wildman–Crippen MR) is 114 cm³/mol. The maximum absolute atomic E-state index is 14.3. The third-order valence-corrected chi connectivity index (χ3v) is 5.63. The van der Waals surface area contributed by atoms with Crippen molar-refractivity contribution in [2.45, 2.75) is 32.5 Å². The molecule has 33 heavy (non-hydrogen) atoms. The highest BCUT2D eigenvalue weighted by Gasteiger charge is 2.32. The number of benzene rings is 1. The van der Waals surface area contributed by atoms with Gasteiger partial charge in [0, 0.05) is 38.0 Å². The number of rotatable bonds is 3. The van der Waals surface area contributed by atoms with Gasteiger partial charge >= 0.3 is 0 Å². The van der Waals surface area contributed by atoms with Crippen molar-refractivity contribution in [3.8, 4) is 0 Å². The number of likely N-dealkylation sites (N-methyl/N-ethyl adjacent to an activating group) is 1. The van der Waals surface area contributed by atoms with E-state index in [1.165, 1.54) is 17.2 Å². The van der Waals surface area contributed by atoms with E-state index in [0.29, 0.717) is 24.3 Å². The third kappa shape index (κ3) is 3.57. The fourth-order valence-corrected chi connectivity index (χ4v) is 4.00. The van der Waals surface area contributed by atoms with E-state index in [1.807, 2.05) is 6.92 Å². The molecule has 0 radical (unpaired) electrons. The zero-order chi connectivity index (χ0) is 23.3. The summed E-state index contributed by atoms with van der Waals surface area (Å²) in [5.41, 5.74) is 3.89. The van der Waals surface area contributed by atoms with E-state index in [4.69, 9.17) is 0 Å². The van der Waals surface area contributed by atoms with E-state index < -0.39 is 23.6 Å². The molecule has 12 heteroatoms. The van der Waals surface area contributed by atoms with Crippen molar-refractivity contribution < 1.29 is 18.4 Å². The summed E-state index contributed by atoms with van der Waals surface area (Å²) in [6.07, 6.45) is 1.75. The number of anilines is 3. The number of para-hydroxylation sites is 1. The molecule has 0 saturated heterocycles. The molecule has 0 aliphatic carbocycles. The Morgan fingerprint density at radius 3 is 2.79 bits per heavy atom. The highest BCUT2D eigenvalue weighted by molar-refractivity contribution is 6.01. The maximum Gasteiger partial charge on any atom is 0.289 e. The molecule has 2 N–H and O–H groups in total. The van der Waals surface area contributed by atoms with Crippen LogP contribution in [0, 0.1) is 18.6 Å². The number of hydrazine groups is 1. The quantitative estimate of drug-likeness (QED) is 0.619. The molecule has 0 spiro atoms. The zero-order valence-electron chi connectivity index (χ0n) is 17.8. The number of aromatic nitrogens is 4. The largest absolute Gasteiger partial charge is 0.337 e. The molecule has 0 unspecified atom stereocenters. The van der Waals surface area contributed by atoms with E-state index in [9.17, 15) is 18.4 Å². The Morgan fingerprint density at radius 2 is 2.03 bits per heavy atom. The molecule has 2 aliphatic heterocycles. The Balaban J connectivity index is 1.38. The minimum atomic E-state index is -0.806. The molecule has 10 nitrogen and oxygen atoms in total. The number of carbonyl (C=O) groups is 2. The average Bonchev–Trinajstić information content (AvgIpc) is 3.35. The SMILES string of the molecule is Cc1cc2n(n1)CC[C@H](NC(=O)c1ncc3c(n1)N(c1c(F)cccc1F)NC3)C(=O)N2C. The highest BCUT2D eigenvalue weighted by atomic mass is 19.1. The smallest absolute Gasteiger partial charge is 0.289 e. The van der Waals surface area contributed by atoms with Crippen LogP contribution in [0.2, 0.25) is 0 Å². The van der Waals surface area contributed by atoms with Crippen LogP contribution < -0.4 is 20.7 Å². The van der Waals surface area contributed by atoms with Crippen LogP contribution in [0.5, 0.6) is 0 Å². The van der Waals surface area contributed by atoms with E-state index in [-0.39, 0.29) is 29.8 Å². The lowest BCUT2D eigenvalue weighted by Gasteiger charge is -2.21. The number of hydrogen-bond donors (Lipinski definition) is 2. The summed E-state index contributed by atoms with van der Waals surface area (Å²) in [6, 6.07) is 4.52. The van der Waals surface area contributed by atoms with Crippen molar-refractivity contribution in [3.63, 3.8) is 0 Å². The van der Waals surface area contributed by atoms with Crippen molar-refractivity contribution in [1.29, 1.82) is 0 Å². The number of hydrogen-bond acceptors (Lipinski definition) is 7. The van der Waals surface area contributed by atoms with E-state index in [0.717, 1.165) is 22.8 Å². The van der Waals surface area contributed by atoms with Gasteiger partial charge in [-0.3, -0.25) is 19.5 Å². The second kappa shape index (κ2) is 7.89. The molecular weight excluding hydrogens is 434 g/mol. The molecule has 0 bridgehead atoms. The Labute approximate surface area is 187 Å². The van der Waals surface area contributed by atoms with Gasteiger partial charge < -0.3 is 5.32 Å². The summed E-state index contributed by atoms with van der Waals surface area (Å²) in [7, 11) is 1.62. The lowest BCUT2D eigenvalue weighted by molar-refractivity contribution is -0.120. The first-order valence-electron chi connectivity index (χ1n) is 10.3. The van der Waals surface area contributed by atoms with Crippen LogP contribution in [0.15, 0.2) is 30.5 Å². The molecule has 0 saturated carbocycles. The van der Waals surface area contributed by atoms with Gasteiger partial charge in [0.1, 0.15) is 17.5 Å². The lowest BCUT2D eigenvalue weighted by atomic mass is 10.2. The van der Waals surface area contributed by atoms with Gasteiger partial charge in [0.25, 0.3) is 11.8 Å². The average molecular weight is 454 g/mol. The van der Waals surface area contributed by atoms with Crippen LogP contribution in [0.25, 0.3) is 0 Å². The van der Waals surface area contributed by atoms with E-state index >= 15 is 0 Å². The normalized spacial score (nSPS) is 17.6. The molecule has 2 aromatic heterocycles. The topological polar surface area (TPSA) is 108 Å². The monoisotopic (exact) mass is 454 g/mol. The van der Waals surface area contributed by atoms with Crippen LogP contribution in [-0.4, -0.2) is 44.7 Å². The van der Waals surface area contributed by atoms with Crippen LogP contribution in [0.1, 0.15) is 28.3 Å². The summed E-state index contributed by atoms with van der Waals surface area (Å²) in [5, 5.41) is 8.21. The van der Waals surface area contributed by atoms with Gasteiger partial charge in [0.15, 0.2) is 17.5 Å². The second-order valence-electron chi connectivity index (χ2n) is 7.86. The maximum atomic E-state index is 14.3. The van der Waals surface area contributed by atoms with Gasteiger partial charge in [-0.1, -0.05) is 6.07 Å².